The van der Waals surface area contributed by atoms with Gasteiger partial charge in [-0.3, -0.25) is 0 Å². The van der Waals surface area contributed by atoms with E-state index in [0.717, 1.165) is 23.6 Å². The van der Waals surface area contributed by atoms with Gasteiger partial charge in [0.25, 0.3) is 0 Å². The first-order valence-electron chi connectivity index (χ1n) is 10.7. The maximum Gasteiger partial charge on any atom is 0.175 e. The third-order valence-corrected chi connectivity index (χ3v) is 7.69. The van der Waals surface area contributed by atoms with Gasteiger partial charge >= 0.3 is 0 Å². The molecule has 34 heavy (non-hydrogen) atoms. The van der Waals surface area contributed by atoms with E-state index >= 15 is 0 Å². The fourth-order valence-electron chi connectivity index (χ4n) is 4.80. The van der Waals surface area contributed by atoms with Gasteiger partial charge in [0.1, 0.15) is 18.2 Å². The van der Waals surface area contributed by atoms with Crippen molar-refractivity contribution in [2.75, 3.05) is 12.4 Å². The summed E-state index contributed by atoms with van der Waals surface area (Å²) in [6, 6.07) is 11.3. The molecule has 1 aliphatic heterocycles. The summed E-state index contributed by atoms with van der Waals surface area (Å²) >= 11 is 15.7. The second-order valence-electron chi connectivity index (χ2n) is 8.40. The number of nitrogens with one attached hydrogen (secondary N) is 1. The van der Waals surface area contributed by atoms with Crippen LogP contribution in [-0.2, 0) is 6.61 Å². The highest BCUT2D eigenvalue weighted by atomic mass is 79.9. The Hall–Kier alpha value is -2.28. The molecule has 0 saturated carbocycles. The third-order valence-electron chi connectivity index (χ3n) is 6.36. The van der Waals surface area contributed by atoms with Gasteiger partial charge in [0, 0.05) is 12.0 Å². The number of halogens is 5. The molecule has 0 unspecified atom stereocenters. The fourth-order valence-corrected chi connectivity index (χ4v) is 5.69. The number of hydrogen-bond acceptors (Lipinski definition) is 3. The molecule has 8 heteroatoms. The number of fused-ring (bicyclic) bond motifs is 3. The van der Waals surface area contributed by atoms with Crippen LogP contribution in [0.15, 0.2) is 59.1 Å². The molecule has 0 saturated heterocycles. The van der Waals surface area contributed by atoms with Crippen molar-refractivity contribution >= 4 is 44.8 Å². The van der Waals surface area contributed by atoms with Crippen LogP contribution in [0.1, 0.15) is 35.1 Å². The second kappa shape index (κ2) is 9.40. The van der Waals surface area contributed by atoms with Crippen LogP contribution in [0, 0.1) is 17.6 Å². The zero-order valence-electron chi connectivity index (χ0n) is 18.0. The van der Waals surface area contributed by atoms with E-state index in [-0.39, 0.29) is 24.5 Å². The van der Waals surface area contributed by atoms with E-state index in [1.807, 2.05) is 24.3 Å². The van der Waals surface area contributed by atoms with Crippen LogP contribution in [0.4, 0.5) is 14.5 Å². The lowest BCUT2D eigenvalue weighted by atomic mass is 9.77. The molecule has 3 atom stereocenters. The lowest BCUT2D eigenvalue weighted by molar-refractivity contribution is 0.282. The van der Waals surface area contributed by atoms with Crippen molar-refractivity contribution in [1.82, 2.24) is 0 Å². The van der Waals surface area contributed by atoms with Gasteiger partial charge in [-0.25, -0.2) is 8.78 Å². The second-order valence-corrected chi connectivity index (χ2v) is 10.1. The van der Waals surface area contributed by atoms with Crippen molar-refractivity contribution in [3.05, 3.63) is 97.5 Å². The molecule has 1 N–H and O–H groups in total. The molecule has 0 amide bonds. The van der Waals surface area contributed by atoms with E-state index in [2.05, 4.69) is 27.3 Å². The summed E-state index contributed by atoms with van der Waals surface area (Å²) in [5.74, 6) is -0.0214. The minimum Gasteiger partial charge on any atom is -0.493 e. The van der Waals surface area contributed by atoms with Crippen LogP contribution in [0.25, 0.3) is 0 Å². The van der Waals surface area contributed by atoms with Crippen molar-refractivity contribution < 1.29 is 18.3 Å². The first kappa shape index (κ1) is 23.5. The fraction of sp³-hybridized carbons (Fsp3) is 0.231. The van der Waals surface area contributed by atoms with Gasteiger partial charge in [-0.2, -0.15) is 0 Å². The molecule has 2 aliphatic rings. The van der Waals surface area contributed by atoms with Crippen molar-refractivity contribution in [3.63, 3.8) is 0 Å². The zero-order valence-corrected chi connectivity index (χ0v) is 21.1. The van der Waals surface area contributed by atoms with E-state index in [0.29, 0.717) is 37.3 Å². The Morgan fingerprint density at radius 1 is 1.09 bits per heavy atom. The van der Waals surface area contributed by atoms with Crippen molar-refractivity contribution in [1.29, 1.82) is 0 Å². The summed E-state index contributed by atoms with van der Waals surface area (Å²) in [6.45, 7) is 0.269. The number of ether oxygens (including phenoxy) is 2. The first-order chi connectivity index (χ1) is 16.4. The predicted octanol–water partition coefficient (Wildman–Crippen LogP) is 8.45. The topological polar surface area (TPSA) is 30.5 Å². The molecule has 0 spiro atoms. The van der Waals surface area contributed by atoms with E-state index < -0.39 is 11.6 Å². The average molecular weight is 567 g/mol. The molecule has 1 heterocycles. The molecule has 1 aliphatic carbocycles. The SMILES string of the molecule is COc1cc([C@@H]2Nc3c(F)cc(F)cc3[C@@H]3C=CC[C@@H]32)cc(Br)c1OCc1ccc(Cl)c(Cl)c1. The molecule has 3 aromatic carbocycles. The van der Waals surface area contributed by atoms with E-state index in [1.165, 1.54) is 6.07 Å². The third kappa shape index (κ3) is 4.28. The Morgan fingerprint density at radius 3 is 2.68 bits per heavy atom. The number of anilines is 1. The number of allylic oxidation sites excluding steroid dienone is 2. The summed E-state index contributed by atoms with van der Waals surface area (Å²) in [6.07, 6.45) is 4.91. The highest BCUT2D eigenvalue weighted by molar-refractivity contribution is 9.10. The number of rotatable bonds is 5. The molecule has 0 fully saturated rings. The Bertz CT molecular complexity index is 1300. The minimum absolute atomic E-state index is 0.0678. The molecule has 176 valence electrons. The molecular weight excluding hydrogens is 547 g/mol. The summed E-state index contributed by atoms with van der Waals surface area (Å²) in [7, 11) is 1.57. The van der Waals surface area contributed by atoms with Gasteiger partial charge in [-0.15, -0.1) is 0 Å². The van der Waals surface area contributed by atoms with Crippen molar-refractivity contribution in [2.24, 2.45) is 5.92 Å². The van der Waals surface area contributed by atoms with Crippen LogP contribution in [0.2, 0.25) is 10.0 Å². The maximum absolute atomic E-state index is 14.7. The summed E-state index contributed by atoms with van der Waals surface area (Å²) < 4.78 is 41.0. The van der Waals surface area contributed by atoms with Crippen LogP contribution in [0.3, 0.4) is 0 Å². The van der Waals surface area contributed by atoms with Crippen LogP contribution >= 0.6 is 39.1 Å². The van der Waals surface area contributed by atoms with Gasteiger partial charge < -0.3 is 14.8 Å². The van der Waals surface area contributed by atoms with Crippen LogP contribution in [0.5, 0.6) is 11.5 Å². The zero-order chi connectivity index (χ0) is 24.0. The molecule has 3 nitrogen and oxygen atoms in total. The Morgan fingerprint density at radius 2 is 1.91 bits per heavy atom. The minimum atomic E-state index is -0.591. The predicted molar refractivity (Wildman–Crippen MR) is 134 cm³/mol. The first-order valence-corrected chi connectivity index (χ1v) is 12.3. The highest BCUT2D eigenvalue weighted by Gasteiger charge is 2.39. The number of benzene rings is 3. The van der Waals surface area contributed by atoms with Crippen LogP contribution in [-0.4, -0.2) is 7.11 Å². The molecule has 0 aromatic heterocycles. The van der Waals surface area contributed by atoms with Gasteiger partial charge in [-0.1, -0.05) is 41.4 Å². The molecule has 3 aromatic rings. The molecule has 5 rings (SSSR count). The average Bonchev–Trinajstić information content (AvgIpc) is 3.30. The van der Waals surface area contributed by atoms with Gasteiger partial charge in [0.15, 0.2) is 11.5 Å². The van der Waals surface area contributed by atoms with Gasteiger partial charge in [0.2, 0.25) is 0 Å². The van der Waals surface area contributed by atoms with Crippen molar-refractivity contribution in [2.45, 2.75) is 25.0 Å². The molecule has 0 radical (unpaired) electrons. The summed E-state index contributed by atoms with van der Waals surface area (Å²) in [4.78, 5) is 0. The normalized spacial score (nSPS) is 20.5. The Kier molecular flexibility index (Phi) is 6.49. The largest absolute Gasteiger partial charge is 0.493 e. The van der Waals surface area contributed by atoms with E-state index in [1.54, 1.807) is 19.2 Å². The Balaban J connectivity index is 1.46. The summed E-state index contributed by atoms with van der Waals surface area (Å²) in [5, 5.41) is 4.26. The molecule has 0 bridgehead atoms. The number of methoxy groups -OCH3 is 1. The maximum atomic E-state index is 14.7. The summed E-state index contributed by atoms with van der Waals surface area (Å²) in [5.41, 5.74) is 2.77. The van der Waals surface area contributed by atoms with E-state index in [9.17, 15) is 8.78 Å². The van der Waals surface area contributed by atoms with E-state index in [4.69, 9.17) is 32.7 Å². The van der Waals surface area contributed by atoms with Crippen molar-refractivity contribution in [3.8, 4) is 11.5 Å². The van der Waals surface area contributed by atoms with Gasteiger partial charge in [-0.05, 0) is 75.3 Å². The smallest absolute Gasteiger partial charge is 0.175 e. The van der Waals surface area contributed by atoms with Gasteiger partial charge in [0.05, 0.1) is 33.4 Å². The quantitative estimate of drug-likeness (QED) is 0.314. The van der Waals surface area contributed by atoms with Crippen LogP contribution < -0.4 is 14.8 Å². The number of hydrogen-bond donors (Lipinski definition) is 1. The molecular formula is C26H20BrCl2F2NO2. The standard InChI is InChI=1S/C26H20BrCl2F2NO2/c1-33-23-9-14(8-19(27)26(23)34-12-13-5-6-20(28)21(29)7-13)24-17-4-2-3-16(17)18-10-15(30)11-22(31)25(18)32-24/h2-3,5-11,16-17,24,32H,4,12H2,1H3/t16-,17+,24+/m1/s1. The lowest BCUT2D eigenvalue weighted by Crippen LogP contribution is -2.30. The highest BCUT2D eigenvalue weighted by Crippen LogP contribution is 2.52. The Labute approximate surface area is 214 Å². The lowest BCUT2D eigenvalue weighted by Gasteiger charge is -2.38. The monoisotopic (exact) mass is 565 g/mol.